The summed E-state index contributed by atoms with van der Waals surface area (Å²) in [7, 11) is -3.33. The summed E-state index contributed by atoms with van der Waals surface area (Å²) in [6.07, 6.45) is 7.49. The second-order valence-corrected chi connectivity index (χ2v) is 12.5. The average Bonchev–Trinajstić information content (AvgIpc) is 3.34. The van der Waals surface area contributed by atoms with Gasteiger partial charge in [0.1, 0.15) is 24.0 Å². The Morgan fingerprint density at radius 2 is 1.75 bits per heavy atom. The Balaban J connectivity index is 1.14. The predicted molar refractivity (Wildman–Crippen MR) is 161 cm³/mol. The monoisotopic (exact) mass is 573 g/mol. The molecule has 10 nitrogen and oxygen atoms in total. The van der Waals surface area contributed by atoms with E-state index in [-0.39, 0.29) is 18.0 Å². The summed E-state index contributed by atoms with van der Waals surface area (Å²) in [6, 6.07) is 13.2. The van der Waals surface area contributed by atoms with Gasteiger partial charge in [-0.1, -0.05) is 45.1 Å². The quantitative estimate of drug-likeness (QED) is 0.164. The first kappa shape index (κ1) is 30.0. The molecule has 11 heteroatoms. The number of H-pyrrole nitrogens is 2. The molecule has 5 N–H and O–H groups in total. The molecule has 0 bridgehead atoms. The number of sulfonamides is 1. The molecule has 0 radical (unpaired) electrons. The number of ether oxygens (including phenoxy) is 1. The maximum Gasteiger partial charge on any atom is 0.323 e. The Bertz CT molecular complexity index is 1350. The minimum Gasteiger partial charge on any atom is -0.489 e. The number of aromatic amines is 2. The first-order valence-electron chi connectivity index (χ1n) is 14.4. The van der Waals surface area contributed by atoms with Gasteiger partial charge in [0.15, 0.2) is 0 Å². The van der Waals surface area contributed by atoms with Crippen molar-refractivity contribution in [1.82, 2.24) is 15.3 Å². The molecule has 1 atom stereocenters. The zero-order valence-electron chi connectivity index (χ0n) is 23.3. The molecule has 1 fully saturated rings. The van der Waals surface area contributed by atoms with Crippen LogP contribution in [0.2, 0.25) is 0 Å². The van der Waals surface area contributed by atoms with Gasteiger partial charge in [-0.05, 0) is 55.7 Å². The fourth-order valence-corrected chi connectivity index (χ4v) is 6.27. The zero-order chi connectivity index (χ0) is 28.4. The first-order valence-corrected chi connectivity index (χ1v) is 16.1. The fraction of sp³-hybridized carbons (Fsp3) is 0.552. The molecule has 0 aliphatic carbocycles. The van der Waals surface area contributed by atoms with Gasteiger partial charge in [0.25, 0.3) is 0 Å². The van der Waals surface area contributed by atoms with Crippen molar-refractivity contribution < 1.29 is 18.3 Å². The molecule has 0 spiro atoms. The van der Waals surface area contributed by atoms with Crippen molar-refractivity contribution in [2.45, 2.75) is 70.4 Å². The summed E-state index contributed by atoms with van der Waals surface area (Å²) >= 11 is 0. The molecule has 0 saturated carbocycles. The van der Waals surface area contributed by atoms with Gasteiger partial charge < -0.3 is 30.0 Å². The molecule has 3 aromatic rings. The number of para-hydroxylation sites is 1. The summed E-state index contributed by atoms with van der Waals surface area (Å²) in [5.41, 5.74) is 2.64. The van der Waals surface area contributed by atoms with E-state index in [1.165, 1.54) is 19.3 Å². The van der Waals surface area contributed by atoms with Crippen molar-refractivity contribution in [1.29, 1.82) is 0 Å². The topological polar surface area (TPSA) is 140 Å². The maximum absolute atomic E-state index is 12.4. The molecule has 1 aromatic heterocycles. The second-order valence-electron chi connectivity index (χ2n) is 10.6. The summed E-state index contributed by atoms with van der Waals surface area (Å²) in [5, 5.41) is 13.9. The van der Waals surface area contributed by atoms with Crippen molar-refractivity contribution in [2.75, 3.05) is 41.6 Å². The van der Waals surface area contributed by atoms with Crippen LogP contribution in [-0.2, 0) is 10.0 Å². The lowest BCUT2D eigenvalue weighted by atomic mass is 10.0. The van der Waals surface area contributed by atoms with Crippen LogP contribution in [-0.4, -0.2) is 67.6 Å². The molecular weight excluding hydrogens is 530 g/mol. The van der Waals surface area contributed by atoms with E-state index in [4.69, 9.17) is 4.74 Å². The van der Waals surface area contributed by atoms with E-state index in [2.05, 4.69) is 31.8 Å². The van der Waals surface area contributed by atoms with Crippen molar-refractivity contribution in [3.8, 4) is 5.75 Å². The number of benzene rings is 2. The molecule has 2 aromatic carbocycles. The average molecular weight is 574 g/mol. The van der Waals surface area contributed by atoms with Gasteiger partial charge in [-0.2, -0.15) is 0 Å². The molecule has 40 heavy (non-hydrogen) atoms. The van der Waals surface area contributed by atoms with E-state index < -0.39 is 16.1 Å². The van der Waals surface area contributed by atoms with E-state index in [9.17, 15) is 18.3 Å². The lowest BCUT2D eigenvalue weighted by Crippen LogP contribution is -2.45. The van der Waals surface area contributed by atoms with Crippen LogP contribution in [0.4, 0.5) is 11.4 Å². The highest BCUT2D eigenvalue weighted by atomic mass is 32.2. The van der Waals surface area contributed by atoms with Crippen LogP contribution >= 0.6 is 0 Å². The van der Waals surface area contributed by atoms with E-state index in [0.717, 1.165) is 44.5 Å². The molecule has 4 rings (SSSR count). The smallest absolute Gasteiger partial charge is 0.323 e. The number of hydrogen-bond donors (Lipinski definition) is 5. The molecular formula is C29H43N5O5S. The number of nitrogens with one attached hydrogen (secondary N) is 4. The number of hydrogen-bond acceptors (Lipinski definition) is 7. The molecule has 1 saturated heterocycles. The van der Waals surface area contributed by atoms with Crippen LogP contribution in [0.5, 0.6) is 5.75 Å². The molecule has 1 aliphatic heterocycles. The van der Waals surface area contributed by atoms with Gasteiger partial charge in [-0.15, -0.1) is 0 Å². The lowest BCUT2D eigenvalue weighted by molar-refractivity contribution is 0.103. The SMILES string of the molecule is CCCCCCCCS(=O)(=O)Nc1ccc(N2CCC(NC[C@H](O)COc3cccc4[nH]c(=O)[nH]c34)CC2)cc1. The molecule has 2 heterocycles. The number of unbranched alkanes of at least 4 members (excludes halogenated alkanes) is 5. The zero-order valence-corrected chi connectivity index (χ0v) is 24.1. The minimum atomic E-state index is -3.33. The summed E-state index contributed by atoms with van der Waals surface area (Å²) < 4.78 is 33.3. The molecule has 0 amide bonds. The number of anilines is 2. The number of aromatic nitrogens is 2. The largest absolute Gasteiger partial charge is 0.489 e. The number of aliphatic hydroxyl groups is 1. The van der Waals surface area contributed by atoms with Crippen molar-refractivity contribution >= 4 is 32.4 Å². The van der Waals surface area contributed by atoms with Crippen molar-refractivity contribution in [3.05, 3.63) is 52.9 Å². The molecule has 0 unspecified atom stereocenters. The number of nitrogens with zero attached hydrogens (tertiary/aromatic N) is 1. The molecule has 1 aliphatic rings. The van der Waals surface area contributed by atoms with Gasteiger partial charge in [-0.3, -0.25) is 4.72 Å². The lowest BCUT2D eigenvalue weighted by Gasteiger charge is -2.34. The van der Waals surface area contributed by atoms with E-state index in [1.807, 2.05) is 24.3 Å². The van der Waals surface area contributed by atoms with Crippen LogP contribution in [0.3, 0.4) is 0 Å². The number of piperidine rings is 1. The highest BCUT2D eigenvalue weighted by Gasteiger charge is 2.20. The van der Waals surface area contributed by atoms with Gasteiger partial charge in [0.05, 0.1) is 11.3 Å². The number of rotatable bonds is 16. The summed E-state index contributed by atoms with van der Waals surface area (Å²) in [5.74, 6) is 0.686. The Kier molecular flexibility index (Phi) is 10.9. The maximum atomic E-state index is 12.4. The van der Waals surface area contributed by atoms with Crippen LogP contribution < -0.4 is 25.4 Å². The predicted octanol–water partition coefficient (Wildman–Crippen LogP) is 3.96. The summed E-state index contributed by atoms with van der Waals surface area (Å²) in [6.45, 7) is 4.45. The Morgan fingerprint density at radius 1 is 1.02 bits per heavy atom. The summed E-state index contributed by atoms with van der Waals surface area (Å²) in [4.78, 5) is 19.2. The molecule has 220 valence electrons. The number of fused-ring (bicyclic) bond motifs is 1. The minimum absolute atomic E-state index is 0.118. The van der Waals surface area contributed by atoms with Gasteiger partial charge in [0.2, 0.25) is 10.0 Å². The Morgan fingerprint density at radius 3 is 2.50 bits per heavy atom. The van der Waals surface area contributed by atoms with Gasteiger partial charge >= 0.3 is 5.69 Å². The Labute approximate surface area is 236 Å². The third kappa shape index (κ3) is 9.00. The van der Waals surface area contributed by atoms with Gasteiger partial charge in [-0.25, -0.2) is 13.2 Å². The third-order valence-electron chi connectivity index (χ3n) is 7.35. The fourth-order valence-electron chi connectivity index (χ4n) is 5.08. The van der Waals surface area contributed by atoms with Gasteiger partial charge in [0, 0.05) is 37.1 Å². The van der Waals surface area contributed by atoms with E-state index in [1.54, 1.807) is 18.2 Å². The highest BCUT2D eigenvalue weighted by Crippen LogP contribution is 2.23. The Hall–Kier alpha value is -3.02. The first-order chi connectivity index (χ1) is 19.3. The third-order valence-corrected chi connectivity index (χ3v) is 8.73. The van der Waals surface area contributed by atoms with Crippen LogP contribution in [0.1, 0.15) is 58.3 Å². The van der Waals surface area contributed by atoms with Crippen molar-refractivity contribution in [3.63, 3.8) is 0 Å². The van der Waals surface area contributed by atoms with Crippen LogP contribution in [0.15, 0.2) is 47.3 Å². The number of aliphatic hydroxyl groups excluding tert-OH is 1. The van der Waals surface area contributed by atoms with E-state index in [0.29, 0.717) is 41.5 Å². The normalized spacial score (nSPS) is 15.4. The van der Waals surface area contributed by atoms with Crippen molar-refractivity contribution in [2.24, 2.45) is 0 Å². The van der Waals surface area contributed by atoms with E-state index >= 15 is 0 Å². The van der Waals surface area contributed by atoms with Crippen LogP contribution in [0.25, 0.3) is 11.0 Å². The van der Waals surface area contributed by atoms with Crippen LogP contribution in [0, 0.1) is 0 Å². The highest BCUT2D eigenvalue weighted by molar-refractivity contribution is 7.92. The standard InChI is InChI=1S/C29H43N5O5S/c1-2-3-4-5-6-7-19-40(37,38)33-23-11-13-24(14-12-23)34-17-15-22(16-18-34)30-20-25(35)21-39-27-10-8-9-26-28(27)32-29(36)31-26/h8-14,22,25,30,33,35H,2-7,15-21H2,1H3,(H2,31,32,36)/t25-/m0/s1. The second kappa shape index (κ2) is 14.6. The number of imidazole rings is 1.